The molecule has 3 heteroatoms. The van der Waals surface area contributed by atoms with Crippen molar-refractivity contribution in [1.29, 1.82) is 5.26 Å². The fraction of sp³-hybridized carbons (Fsp3) is 0.417. The van der Waals surface area contributed by atoms with E-state index in [1.54, 1.807) is 12.1 Å². The lowest BCUT2D eigenvalue weighted by Crippen LogP contribution is -2.06. The van der Waals surface area contributed by atoms with Crippen molar-refractivity contribution in [2.24, 2.45) is 5.92 Å². The van der Waals surface area contributed by atoms with Crippen LogP contribution in [-0.2, 0) is 0 Å². The molecule has 0 aliphatic heterocycles. The summed E-state index contributed by atoms with van der Waals surface area (Å²) in [7, 11) is 0. The van der Waals surface area contributed by atoms with E-state index in [2.05, 4.69) is 25.2 Å². The van der Waals surface area contributed by atoms with Crippen molar-refractivity contribution in [3.05, 3.63) is 23.8 Å². The first-order valence-electron chi connectivity index (χ1n) is 5.17. The van der Waals surface area contributed by atoms with Gasteiger partial charge in [-0.2, -0.15) is 5.26 Å². The first-order chi connectivity index (χ1) is 7.13. The topological polar surface area (TPSA) is 61.8 Å². The van der Waals surface area contributed by atoms with Crippen LogP contribution in [0.2, 0.25) is 0 Å². The molecule has 0 aliphatic carbocycles. The first kappa shape index (κ1) is 11.4. The molecule has 3 nitrogen and oxygen atoms in total. The van der Waals surface area contributed by atoms with Gasteiger partial charge in [-0.15, -0.1) is 0 Å². The van der Waals surface area contributed by atoms with Gasteiger partial charge in [-0.1, -0.05) is 13.8 Å². The average Bonchev–Trinajstić information content (AvgIpc) is 2.20. The van der Waals surface area contributed by atoms with Crippen molar-refractivity contribution < 1.29 is 0 Å². The minimum atomic E-state index is 0.599. The Morgan fingerprint density at radius 1 is 1.47 bits per heavy atom. The maximum Gasteiger partial charge on any atom is 0.0992 e. The van der Waals surface area contributed by atoms with Crippen LogP contribution in [0, 0.1) is 17.2 Å². The molecule has 0 fully saturated rings. The van der Waals surface area contributed by atoms with Gasteiger partial charge < -0.3 is 11.1 Å². The number of nitriles is 1. The Labute approximate surface area is 90.9 Å². The van der Waals surface area contributed by atoms with Crippen LogP contribution in [0.25, 0.3) is 0 Å². The summed E-state index contributed by atoms with van der Waals surface area (Å²) in [6.07, 6.45) is 1.11. The molecule has 0 heterocycles. The van der Waals surface area contributed by atoms with Crippen LogP contribution >= 0.6 is 0 Å². The third-order valence-corrected chi connectivity index (χ3v) is 2.22. The Hall–Kier alpha value is -1.69. The molecule has 1 rings (SSSR count). The smallest absolute Gasteiger partial charge is 0.0992 e. The van der Waals surface area contributed by atoms with Crippen LogP contribution < -0.4 is 11.1 Å². The van der Waals surface area contributed by atoms with Gasteiger partial charge in [-0.05, 0) is 30.5 Å². The van der Waals surface area contributed by atoms with Crippen molar-refractivity contribution in [3.8, 4) is 6.07 Å². The van der Waals surface area contributed by atoms with Gasteiger partial charge >= 0.3 is 0 Å². The number of nitrogens with two attached hydrogens (primary N) is 1. The van der Waals surface area contributed by atoms with Gasteiger partial charge in [0.1, 0.15) is 0 Å². The number of anilines is 2. The number of hydrogen-bond donors (Lipinski definition) is 2. The second-order valence-electron chi connectivity index (χ2n) is 4.02. The number of nitrogens with zero attached hydrogens (tertiary/aromatic N) is 1. The highest BCUT2D eigenvalue weighted by Gasteiger charge is 2.00. The quantitative estimate of drug-likeness (QED) is 0.739. The van der Waals surface area contributed by atoms with Gasteiger partial charge in [0, 0.05) is 6.54 Å². The van der Waals surface area contributed by atoms with Gasteiger partial charge in [0.2, 0.25) is 0 Å². The van der Waals surface area contributed by atoms with Gasteiger partial charge in [0.05, 0.1) is 23.0 Å². The molecule has 15 heavy (non-hydrogen) atoms. The molecule has 0 saturated carbocycles. The minimum absolute atomic E-state index is 0.599. The average molecular weight is 203 g/mol. The van der Waals surface area contributed by atoms with Gasteiger partial charge in [-0.3, -0.25) is 0 Å². The Bertz CT molecular complexity index is 364. The zero-order chi connectivity index (χ0) is 11.3. The van der Waals surface area contributed by atoms with Crippen LogP contribution in [-0.4, -0.2) is 6.54 Å². The molecular formula is C12H17N3. The summed E-state index contributed by atoms with van der Waals surface area (Å²) in [4.78, 5) is 0. The molecule has 0 amide bonds. The standard InChI is InChI=1S/C12H17N3/c1-9(2)5-6-15-12-4-3-10(8-13)7-11(12)14/h3-4,7,9,15H,5-6,14H2,1-2H3. The molecule has 0 radical (unpaired) electrons. The number of rotatable bonds is 4. The van der Waals surface area contributed by atoms with E-state index in [0.717, 1.165) is 18.7 Å². The van der Waals surface area contributed by atoms with E-state index in [0.29, 0.717) is 17.2 Å². The van der Waals surface area contributed by atoms with E-state index < -0.39 is 0 Å². The van der Waals surface area contributed by atoms with Crippen molar-refractivity contribution in [3.63, 3.8) is 0 Å². The summed E-state index contributed by atoms with van der Waals surface area (Å²) < 4.78 is 0. The summed E-state index contributed by atoms with van der Waals surface area (Å²) in [5.41, 5.74) is 7.95. The molecule has 0 saturated heterocycles. The van der Waals surface area contributed by atoms with E-state index in [4.69, 9.17) is 11.0 Å². The van der Waals surface area contributed by atoms with Crippen LogP contribution in [0.4, 0.5) is 11.4 Å². The number of nitrogens with one attached hydrogen (secondary N) is 1. The molecule has 1 aromatic carbocycles. The van der Waals surface area contributed by atoms with Gasteiger partial charge in [0.15, 0.2) is 0 Å². The van der Waals surface area contributed by atoms with Gasteiger partial charge in [0.25, 0.3) is 0 Å². The summed E-state index contributed by atoms with van der Waals surface area (Å²) in [6, 6.07) is 7.38. The Morgan fingerprint density at radius 3 is 2.73 bits per heavy atom. The molecule has 0 spiro atoms. The van der Waals surface area contributed by atoms with Crippen LogP contribution in [0.3, 0.4) is 0 Å². The molecule has 0 aromatic heterocycles. The molecular weight excluding hydrogens is 186 g/mol. The summed E-state index contributed by atoms with van der Waals surface area (Å²) in [6.45, 7) is 5.28. The van der Waals surface area contributed by atoms with Crippen molar-refractivity contribution in [2.75, 3.05) is 17.6 Å². The molecule has 0 atom stereocenters. The number of hydrogen-bond acceptors (Lipinski definition) is 3. The van der Waals surface area contributed by atoms with Crippen molar-refractivity contribution in [2.45, 2.75) is 20.3 Å². The first-order valence-corrected chi connectivity index (χ1v) is 5.17. The second-order valence-corrected chi connectivity index (χ2v) is 4.02. The van der Waals surface area contributed by atoms with E-state index in [1.165, 1.54) is 0 Å². The third-order valence-electron chi connectivity index (χ3n) is 2.22. The monoisotopic (exact) mass is 203 g/mol. The molecule has 3 N–H and O–H groups in total. The fourth-order valence-electron chi connectivity index (χ4n) is 1.29. The lowest BCUT2D eigenvalue weighted by Gasteiger charge is -2.10. The summed E-state index contributed by atoms with van der Waals surface area (Å²) in [5, 5.41) is 11.9. The van der Waals surface area contributed by atoms with Crippen LogP contribution in [0.5, 0.6) is 0 Å². The molecule has 80 valence electrons. The highest BCUT2D eigenvalue weighted by Crippen LogP contribution is 2.19. The second kappa shape index (κ2) is 5.26. The number of nitrogen functional groups attached to an aromatic ring is 1. The predicted octanol–water partition coefficient (Wildman–Crippen LogP) is 2.60. The highest BCUT2D eigenvalue weighted by molar-refractivity contribution is 5.68. The predicted molar refractivity (Wildman–Crippen MR) is 63.5 cm³/mol. The van der Waals surface area contributed by atoms with Crippen LogP contribution in [0.15, 0.2) is 18.2 Å². The van der Waals surface area contributed by atoms with Crippen molar-refractivity contribution >= 4 is 11.4 Å². The van der Waals surface area contributed by atoms with E-state index in [-0.39, 0.29) is 0 Å². The molecule has 0 aliphatic rings. The molecule has 0 unspecified atom stereocenters. The maximum atomic E-state index is 8.68. The van der Waals surface area contributed by atoms with E-state index in [1.807, 2.05) is 6.07 Å². The Morgan fingerprint density at radius 2 is 2.20 bits per heavy atom. The van der Waals surface area contributed by atoms with Gasteiger partial charge in [-0.25, -0.2) is 0 Å². The largest absolute Gasteiger partial charge is 0.397 e. The normalized spacial score (nSPS) is 10.0. The highest BCUT2D eigenvalue weighted by atomic mass is 14.9. The Balaban J connectivity index is 2.59. The zero-order valence-corrected chi connectivity index (χ0v) is 9.25. The Kier molecular flexibility index (Phi) is 3.99. The van der Waals surface area contributed by atoms with E-state index >= 15 is 0 Å². The third kappa shape index (κ3) is 3.51. The fourth-order valence-corrected chi connectivity index (χ4v) is 1.29. The SMILES string of the molecule is CC(C)CCNc1ccc(C#N)cc1N. The minimum Gasteiger partial charge on any atom is -0.397 e. The summed E-state index contributed by atoms with van der Waals surface area (Å²) in [5.74, 6) is 0.678. The maximum absolute atomic E-state index is 8.68. The zero-order valence-electron chi connectivity index (χ0n) is 9.25. The lowest BCUT2D eigenvalue weighted by molar-refractivity contribution is 0.607. The van der Waals surface area contributed by atoms with Crippen LogP contribution in [0.1, 0.15) is 25.8 Å². The number of benzene rings is 1. The lowest BCUT2D eigenvalue weighted by atomic mass is 10.1. The summed E-state index contributed by atoms with van der Waals surface area (Å²) >= 11 is 0. The molecule has 0 bridgehead atoms. The molecule has 1 aromatic rings. The van der Waals surface area contributed by atoms with Crippen molar-refractivity contribution in [1.82, 2.24) is 0 Å². The van der Waals surface area contributed by atoms with E-state index in [9.17, 15) is 0 Å².